The van der Waals surface area contributed by atoms with Gasteiger partial charge in [-0.25, -0.2) is 4.79 Å². The molecule has 0 aromatic rings. The number of hydrogen-bond acceptors (Lipinski definition) is 8. The number of nitrogens with one attached hydrogen (secondary N) is 3. The van der Waals surface area contributed by atoms with Gasteiger partial charge in [-0.3, -0.25) is 24.2 Å². The first-order valence-corrected chi connectivity index (χ1v) is 9.61. The molecule has 5 unspecified atom stereocenters. The van der Waals surface area contributed by atoms with Gasteiger partial charge in [0, 0.05) is 6.54 Å². The number of carbonyl (C=O) groups is 5. The molecule has 182 valence electrons. The number of guanidine groups is 1. The van der Waals surface area contributed by atoms with Gasteiger partial charge in [0.25, 0.3) is 0 Å². The van der Waals surface area contributed by atoms with E-state index in [1.165, 1.54) is 13.8 Å². The van der Waals surface area contributed by atoms with Crippen molar-refractivity contribution in [2.75, 3.05) is 6.54 Å². The van der Waals surface area contributed by atoms with Crippen LogP contribution in [0.25, 0.3) is 0 Å². The van der Waals surface area contributed by atoms with Gasteiger partial charge in [-0.1, -0.05) is 0 Å². The fourth-order valence-electron chi connectivity index (χ4n) is 2.37. The average Bonchev–Trinajstić information content (AvgIpc) is 2.66. The van der Waals surface area contributed by atoms with E-state index in [1.807, 2.05) is 0 Å². The lowest BCUT2D eigenvalue weighted by atomic mass is 10.1. The Morgan fingerprint density at radius 3 is 2.00 bits per heavy atom. The van der Waals surface area contributed by atoms with E-state index in [9.17, 15) is 34.2 Å². The van der Waals surface area contributed by atoms with E-state index in [0.717, 1.165) is 0 Å². The first kappa shape index (κ1) is 28.5. The number of rotatable bonds is 14. The van der Waals surface area contributed by atoms with E-state index >= 15 is 0 Å². The molecule has 0 aromatic heterocycles. The summed E-state index contributed by atoms with van der Waals surface area (Å²) >= 11 is 0. The van der Waals surface area contributed by atoms with Crippen LogP contribution in [0.3, 0.4) is 0 Å². The van der Waals surface area contributed by atoms with Crippen molar-refractivity contribution in [2.24, 2.45) is 22.2 Å². The molecule has 15 heteroatoms. The van der Waals surface area contributed by atoms with Crippen LogP contribution in [0.1, 0.15) is 33.1 Å². The number of aliphatic hydroxyl groups excluding tert-OH is 1. The summed E-state index contributed by atoms with van der Waals surface area (Å²) in [5.41, 5.74) is 15.8. The van der Waals surface area contributed by atoms with Crippen LogP contribution in [0, 0.1) is 0 Å². The van der Waals surface area contributed by atoms with Gasteiger partial charge >= 0.3 is 11.9 Å². The van der Waals surface area contributed by atoms with Gasteiger partial charge in [0.15, 0.2) is 5.96 Å². The van der Waals surface area contributed by atoms with Gasteiger partial charge in [-0.15, -0.1) is 0 Å². The van der Waals surface area contributed by atoms with E-state index in [4.69, 9.17) is 22.3 Å². The molecule has 0 aromatic carbocycles. The number of aliphatic hydroxyl groups is 1. The van der Waals surface area contributed by atoms with Gasteiger partial charge < -0.3 is 48.5 Å². The molecule has 0 rings (SSSR count). The molecule has 0 aliphatic carbocycles. The second-order valence-electron chi connectivity index (χ2n) is 7.01. The van der Waals surface area contributed by atoms with Gasteiger partial charge in [-0.05, 0) is 26.7 Å². The minimum atomic E-state index is -1.53. The van der Waals surface area contributed by atoms with Gasteiger partial charge in [0.2, 0.25) is 17.7 Å². The third-order valence-corrected chi connectivity index (χ3v) is 4.11. The van der Waals surface area contributed by atoms with Crippen LogP contribution in [0.4, 0.5) is 0 Å². The van der Waals surface area contributed by atoms with Crippen molar-refractivity contribution in [3.05, 3.63) is 0 Å². The predicted octanol–water partition coefficient (Wildman–Crippen LogP) is -4.22. The quantitative estimate of drug-likeness (QED) is 0.0679. The summed E-state index contributed by atoms with van der Waals surface area (Å²) < 4.78 is 0. The van der Waals surface area contributed by atoms with Crippen LogP contribution < -0.4 is 33.2 Å². The number of nitrogens with two attached hydrogens (primary N) is 3. The number of carboxylic acid groups (broad SMARTS) is 2. The Morgan fingerprint density at radius 2 is 1.53 bits per heavy atom. The van der Waals surface area contributed by atoms with Crippen molar-refractivity contribution in [3.63, 3.8) is 0 Å². The van der Waals surface area contributed by atoms with E-state index in [1.54, 1.807) is 0 Å². The first-order chi connectivity index (χ1) is 14.8. The summed E-state index contributed by atoms with van der Waals surface area (Å²) in [5.74, 6) is -5.57. The maximum atomic E-state index is 12.5. The van der Waals surface area contributed by atoms with Crippen LogP contribution in [-0.2, 0) is 24.0 Å². The SMILES string of the molecule is CC(NC(=O)C(N)CC(=O)O)C(=O)NC(C(=O)NC(CCCN=C(N)N)C(=O)O)C(C)O. The molecule has 0 saturated carbocycles. The molecule has 15 nitrogen and oxygen atoms in total. The van der Waals surface area contributed by atoms with Crippen molar-refractivity contribution < 1.29 is 39.3 Å². The van der Waals surface area contributed by atoms with Gasteiger partial charge in [-0.2, -0.15) is 0 Å². The molecule has 0 aliphatic heterocycles. The summed E-state index contributed by atoms with van der Waals surface area (Å²) in [6.45, 7) is 2.59. The lowest BCUT2D eigenvalue weighted by Gasteiger charge is -2.25. The number of carboxylic acids is 2. The highest BCUT2D eigenvalue weighted by Crippen LogP contribution is 2.02. The molecule has 0 heterocycles. The molecule has 3 amide bonds. The molecule has 12 N–H and O–H groups in total. The summed E-state index contributed by atoms with van der Waals surface area (Å²) in [7, 11) is 0. The number of nitrogens with zero attached hydrogens (tertiary/aromatic N) is 1. The van der Waals surface area contributed by atoms with Gasteiger partial charge in [0.1, 0.15) is 18.1 Å². The zero-order valence-corrected chi connectivity index (χ0v) is 17.8. The smallest absolute Gasteiger partial charge is 0.326 e. The van der Waals surface area contributed by atoms with Crippen molar-refractivity contribution in [1.82, 2.24) is 16.0 Å². The number of aliphatic imine (C=N–C) groups is 1. The second kappa shape index (κ2) is 13.8. The highest BCUT2D eigenvalue weighted by atomic mass is 16.4. The predicted molar refractivity (Wildman–Crippen MR) is 111 cm³/mol. The highest BCUT2D eigenvalue weighted by Gasteiger charge is 2.31. The van der Waals surface area contributed by atoms with Crippen LogP contribution >= 0.6 is 0 Å². The molecule has 0 saturated heterocycles. The summed E-state index contributed by atoms with van der Waals surface area (Å²) in [5, 5.41) is 34.4. The molecular formula is C17H31N7O8. The third-order valence-electron chi connectivity index (χ3n) is 4.11. The average molecular weight is 461 g/mol. The Balaban J connectivity index is 5.01. The van der Waals surface area contributed by atoms with E-state index < -0.39 is 66.4 Å². The van der Waals surface area contributed by atoms with Crippen LogP contribution in [-0.4, -0.2) is 87.8 Å². The molecule has 0 radical (unpaired) electrons. The first-order valence-electron chi connectivity index (χ1n) is 9.61. The van der Waals surface area contributed by atoms with Crippen LogP contribution in [0.5, 0.6) is 0 Å². The van der Waals surface area contributed by atoms with E-state index in [2.05, 4.69) is 20.9 Å². The maximum Gasteiger partial charge on any atom is 0.326 e. The second-order valence-corrected chi connectivity index (χ2v) is 7.01. The molecule has 5 atom stereocenters. The summed E-state index contributed by atoms with van der Waals surface area (Å²) in [6.07, 6.45) is -1.85. The Bertz CT molecular complexity index is 724. The van der Waals surface area contributed by atoms with E-state index in [0.29, 0.717) is 0 Å². The zero-order valence-electron chi connectivity index (χ0n) is 17.8. The monoisotopic (exact) mass is 461 g/mol. The van der Waals surface area contributed by atoms with Gasteiger partial charge in [0.05, 0.1) is 18.6 Å². The largest absolute Gasteiger partial charge is 0.481 e. The standard InChI is InChI=1S/C17H31N7O8/c1-7(22-14(29)9(18)6-11(26)27)13(28)24-12(8(2)25)15(30)23-10(16(31)32)4-3-5-21-17(19)20/h7-10,12,25H,3-6,18H2,1-2H3,(H,22,29)(H,23,30)(H,24,28)(H,26,27)(H,31,32)(H4,19,20,21). The minimum absolute atomic E-state index is 0.0216. The van der Waals surface area contributed by atoms with Crippen molar-refractivity contribution in [1.29, 1.82) is 0 Å². The van der Waals surface area contributed by atoms with E-state index in [-0.39, 0.29) is 25.3 Å². The Labute approximate surface area is 183 Å². The van der Waals surface area contributed by atoms with Crippen molar-refractivity contribution in [3.8, 4) is 0 Å². The number of aliphatic carboxylic acids is 2. The molecule has 0 bridgehead atoms. The molecule has 32 heavy (non-hydrogen) atoms. The normalized spacial score (nSPS) is 15.2. The lowest BCUT2D eigenvalue weighted by Crippen LogP contribution is -2.59. The van der Waals surface area contributed by atoms with Crippen LogP contribution in [0.2, 0.25) is 0 Å². The maximum absolute atomic E-state index is 12.5. The fraction of sp³-hybridized carbons (Fsp3) is 0.647. The molecule has 0 spiro atoms. The van der Waals surface area contributed by atoms with Crippen molar-refractivity contribution in [2.45, 2.75) is 63.4 Å². The third kappa shape index (κ3) is 11.1. The fourth-order valence-corrected chi connectivity index (χ4v) is 2.37. The van der Waals surface area contributed by atoms with Crippen molar-refractivity contribution >= 4 is 35.6 Å². The number of hydrogen-bond donors (Lipinski definition) is 9. The zero-order chi connectivity index (χ0) is 25.0. The lowest BCUT2D eigenvalue weighted by molar-refractivity contribution is -0.143. The molecule has 0 aliphatic rings. The topological polar surface area (TPSA) is 273 Å². The minimum Gasteiger partial charge on any atom is -0.481 e. The van der Waals surface area contributed by atoms with Crippen LogP contribution in [0.15, 0.2) is 4.99 Å². The Hall–Kier alpha value is -3.46. The number of amides is 3. The molecular weight excluding hydrogens is 430 g/mol. The Kier molecular flexibility index (Phi) is 12.3. The number of carbonyl (C=O) groups excluding carboxylic acids is 3. The summed E-state index contributed by atoms with van der Waals surface area (Å²) in [4.78, 5) is 62.3. The molecule has 0 fully saturated rings. The summed E-state index contributed by atoms with van der Waals surface area (Å²) in [6, 6.07) is -5.49. The highest BCUT2D eigenvalue weighted by molar-refractivity contribution is 5.94. The Morgan fingerprint density at radius 1 is 0.938 bits per heavy atom.